The van der Waals surface area contributed by atoms with Crippen LogP contribution in [0.25, 0.3) is 10.6 Å². The molecule has 1 aliphatic heterocycles. The van der Waals surface area contributed by atoms with Gasteiger partial charge in [0.05, 0.1) is 17.9 Å². The van der Waals surface area contributed by atoms with Crippen LogP contribution in [0.1, 0.15) is 32.5 Å². The number of benzene rings is 1. The molecule has 0 aliphatic carbocycles. The second-order valence-electron chi connectivity index (χ2n) is 8.24. The summed E-state index contributed by atoms with van der Waals surface area (Å²) in [5.74, 6) is 0.770. The first kappa shape index (κ1) is 21.7. The quantitative estimate of drug-likeness (QED) is 0.609. The monoisotopic (exact) mass is 438 g/mol. The van der Waals surface area contributed by atoms with Crippen molar-refractivity contribution < 1.29 is 4.79 Å². The third-order valence-corrected chi connectivity index (χ3v) is 6.64. The van der Waals surface area contributed by atoms with Crippen LogP contribution < -0.4 is 5.32 Å². The summed E-state index contributed by atoms with van der Waals surface area (Å²) in [5.41, 5.74) is 2.28. The van der Waals surface area contributed by atoms with Gasteiger partial charge in [-0.15, -0.1) is 11.3 Å². The number of anilines is 1. The first-order valence-corrected chi connectivity index (χ1v) is 11.7. The average Bonchev–Trinajstić information content (AvgIpc) is 3.44. The first-order valence-electron chi connectivity index (χ1n) is 10.8. The zero-order valence-corrected chi connectivity index (χ0v) is 19.2. The van der Waals surface area contributed by atoms with Gasteiger partial charge in [0.15, 0.2) is 0 Å². The minimum atomic E-state index is -0.179. The molecule has 164 valence electrons. The molecular weight excluding hydrogens is 408 g/mol. The van der Waals surface area contributed by atoms with E-state index in [1.807, 2.05) is 35.9 Å². The van der Waals surface area contributed by atoms with Crippen molar-refractivity contribution in [3.05, 3.63) is 53.7 Å². The summed E-state index contributed by atoms with van der Waals surface area (Å²) in [5, 5.41) is 10.5. The third-order valence-electron chi connectivity index (χ3n) is 5.70. The van der Waals surface area contributed by atoms with Crippen molar-refractivity contribution in [1.82, 2.24) is 24.6 Å². The van der Waals surface area contributed by atoms with Crippen molar-refractivity contribution in [3.8, 4) is 10.6 Å². The minimum Gasteiger partial charge on any atom is -0.310 e. The molecule has 1 amide bonds. The summed E-state index contributed by atoms with van der Waals surface area (Å²) in [6, 6.07) is 12.2. The summed E-state index contributed by atoms with van der Waals surface area (Å²) in [4.78, 5) is 22.3. The van der Waals surface area contributed by atoms with E-state index in [0.717, 1.165) is 49.2 Å². The number of rotatable bonds is 7. The Morgan fingerprint density at radius 1 is 1.10 bits per heavy atom. The second kappa shape index (κ2) is 9.72. The predicted octanol–water partition coefficient (Wildman–Crippen LogP) is 3.73. The zero-order chi connectivity index (χ0) is 21.8. The Hall–Kier alpha value is -2.55. The van der Waals surface area contributed by atoms with Crippen molar-refractivity contribution in [3.63, 3.8) is 0 Å². The molecule has 0 spiro atoms. The highest BCUT2D eigenvalue weighted by atomic mass is 32.1. The molecule has 3 heterocycles. The number of hydrogen-bond donors (Lipinski definition) is 1. The molecule has 8 heteroatoms. The van der Waals surface area contributed by atoms with Gasteiger partial charge in [0.25, 0.3) is 0 Å². The van der Waals surface area contributed by atoms with Gasteiger partial charge in [-0.05, 0) is 20.8 Å². The number of carbonyl (C=O) groups is 1. The Morgan fingerprint density at radius 3 is 2.55 bits per heavy atom. The highest BCUT2D eigenvalue weighted by Crippen LogP contribution is 2.24. The Labute approximate surface area is 187 Å². The molecule has 4 rings (SSSR count). The van der Waals surface area contributed by atoms with E-state index < -0.39 is 0 Å². The molecule has 2 aromatic heterocycles. The molecule has 31 heavy (non-hydrogen) atoms. The van der Waals surface area contributed by atoms with Gasteiger partial charge in [-0.2, -0.15) is 5.10 Å². The van der Waals surface area contributed by atoms with Crippen molar-refractivity contribution in [2.45, 2.75) is 39.4 Å². The molecule has 7 nitrogen and oxygen atoms in total. The first-order chi connectivity index (χ1) is 15.0. The fourth-order valence-electron chi connectivity index (χ4n) is 3.85. The van der Waals surface area contributed by atoms with E-state index in [2.05, 4.69) is 51.6 Å². The van der Waals surface area contributed by atoms with Gasteiger partial charge < -0.3 is 5.32 Å². The highest BCUT2D eigenvalue weighted by molar-refractivity contribution is 7.13. The molecule has 0 radical (unpaired) electrons. The summed E-state index contributed by atoms with van der Waals surface area (Å²) < 4.78 is 1.83. The predicted molar refractivity (Wildman–Crippen MR) is 125 cm³/mol. The summed E-state index contributed by atoms with van der Waals surface area (Å²) in [7, 11) is 0. The molecule has 1 aromatic carbocycles. The second-order valence-corrected chi connectivity index (χ2v) is 9.10. The Bertz CT molecular complexity index is 990. The number of aromatic nitrogens is 3. The van der Waals surface area contributed by atoms with Crippen LogP contribution >= 0.6 is 11.3 Å². The van der Waals surface area contributed by atoms with E-state index in [0.29, 0.717) is 0 Å². The average molecular weight is 439 g/mol. The molecule has 1 fully saturated rings. The van der Waals surface area contributed by atoms with E-state index in [-0.39, 0.29) is 18.0 Å². The van der Waals surface area contributed by atoms with Crippen molar-refractivity contribution in [1.29, 1.82) is 0 Å². The van der Waals surface area contributed by atoms with E-state index in [9.17, 15) is 4.79 Å². The fourth-order valence-corrected chi connectivity index (χ4v) is 4.67. The van der Waals surface area contributed by atoms with Crippen LogP contribution in [0, 0.1) is 0 Å². The number of hydrogen-bond acceptors (Lipinski definition) is 6. The van der Waals surface area contributed by atoms with Crippen LogP contribution in [0.3, 0.4) is 0 Å². The minimum absolute atomic E-state index is 0.0165. The van der Waals surface area contributed by atoms with Gasteiger partial charge in [0.2, 0.25) is 5.91 Å². The SMILES string of the molecule is CC(C(=O)Nc1ccnn1C(C)C)N1CCN(Cc2csc(-c3ccccc3)n2)CC1. The Balaban J connectivity index is 1.28. The lowest BCUT2D eigenvalue weighted by Gasteiger charge is -2.37. The van der Waals surface area contributed by atoms with E-state index >= 15 is 0 Å². The standard InChI is InChI=1S/C23H30N6OS/c1-17(2)29-21(9-10-24-29)26-22(30)18(3)28-13-11-27(12-14-28)15-20-16-31-23(25-20)19-7-5-4-6-8-19/h4-10,16-18H,11-15H2,1-3H3,(H,26,30). The zero-order valence-electron chi connectivity index (χ0n) is 18.4. The van der Waals surface area contributed by atoms with Crippen LogP contribution in [0.2, 0.25) is 0 Å². The lowest BCUT2D eigenvalue weighted by atomic mass is 10.2. The van der Waals surface area contributed by atoms with Gasteiger partial charge in [-0.3, -0.25) is 14.6 Å². The Morgan fingerprint density at radius 2 is 1.84 bits per heavy atom. The number of thiazole rings is 1. The maximum absolute atomic E-state index is 12.8. The van der Waals surface area contributed by atoms with Crippen LogP contribution in [0.15, 0.2) is 48.0 Å². The summed E-state index contributed by atoms with van der Waals surface area (Å²) in [6.07, 6.45) is 1.72. The van der Waals surface area contributed by atoms with Crippen LogP contribution in [0.4, 0.5) is 5.82 Å². The van der Waals surface area contributed by atoms with Crippen molar-refractivity contribution >= 4 is 23.1 Å². The largest absolute Gasteiger partial charge is 0.310 e. The van der Waals surface area contributed by atoms with Gasteiger partial charge in [-0.25, -0.2) is 9.67 Å². The number of nitrogens with zero attached hydrogens (tertiary/aromatic N) is 5. The summed E-state index contributed by atoms with van der Waals surface area (Å²) >= 11 is 1.70. The number of carbonyl (C=O) groups excluding carboxylic acids is 1. The maximum atomic E-state index is 12.8. The topological polar surface area (TPSA) is 66.3 Å². The molecule has 1 unspecified atom stereocenters. The molecule has 1 N–H and O–H groups in total. The normalized spacial score (nSPS) is 16.5. The molecule has 3 aromatic rings. The molecule has 1 saturated heterocycles. The maximum Gasteiger partial charge on any atom is 0.242 e. The highest BCUT2D eigenvalue weighted by Gasteiger charge is 2.26. The van der Waals surface area contributed by atoms with E-state index in [1.165, 1.54) is 5.56 Å². The van der Waals surface area contributed by atoms with E-state index in [1.54, 1.807) is 17.5 Å². The third kappa shape index (κ3) is 5.20. The molecule has 0 saturated carbocycles. The van der Waals surface area contributed by atoms with Gasteiger partial charge in [0.1, 0.15) is 10.8 Å². The lowest BCUT2D eigenvalue weighted by molar-refractivity contribution is -0.121. The number of piperazine rings is 1. The molecular formula is C23H30N6OS. The van der Waals surface area contributed by atoms with Crippen molar-refractivity contribution in [2.24, 2.45) is 0 Å². The Kier molecular flexibility index (Phi) is 6.80. The van der Waals surface area contributed by atoms with Gasteiger partial charge in [0, 0.05) is 55.8 Å². The van der Waals surface area contributed by atoms with Gasteiger partial charge in [-0.1, -0.05) is 30.3 Å². The smallest absolute Gasteiger partial charge is 0.242 e. The number of amides is 1. The van der Waals surface area contributed by atoms with Crippen LogP contribution in [-0.2, 0) is 11.3 Å². The van der Waals surface area contributed by atoms with Gasteiger partial charge >= 0.3 is 0 Å². The van der Waals surface area contributed by atoms with Crippen LogP contribution in [0.5, 0.6) is 0 Å². The fraction of sp³-hybridized carbons (Fsp3) is 0.435. The molecule has 0 bridgehead atoms. The van der Waals surface area contributed by atoms with E-state index in [4.69, 9.17) is 4.98 Å². The lowest BCUT2D eigenvalue weighted by Crippen LogP contribution is -2.52. The molecule has 1 atom stereocenters. The van der Waals surface area contributed by atoms with Crippen molar-refractivity contribution in [2.75, 3.05) is 31.5 Å². The molecule has 1 aliphatic rings. The number of nitrogens with one attached hydrogen (secondary N) is 1. The summed E-state index contributed by atoms with van der Waals surface area (Å²) in [6.45, 7) is 10.5. The van der Waals surface area contributed by atoms with Crippen LogP contribution in [-0.4, -0.2) is 62.7 Å².